The minimum absolute atomic E-state index is 0.0136. The van der Waals surface area contributed by atoms with Crippen LogP contribution in [-0.4, -0.2) is 23.8 Å². The van der Waals surface area contributed by atoms with Crippen molar-refractivity contribution in [3.8, 4) is 11.5 Å². The van der Waals surface area contributed by atoms with E-state index in [9.17, 15) is 14.9 Å². The second-order valence-electron chi connectivity index (χ2n) is 10.0. The predicted octanol–water partition coefficient (Wildman–Crippen LogP) is 5.81. The van der Waals surface area contributed by atoms with E-state index in [1.165, 1.54) is 23.6 Å². The summed E-state index contributed by atoms with van der Waals surface area (Å²) in [7, 11) is 0. The molecule has 2 aliphatic rings. The first-order chi connectivity index (χ1) is 17.2. The van der Waals surface area contributed by atoms with Gasteiger partial charge in [0.05, 0.1) is 34.9 Å². The number of nitro benzene ring substituents is 1. The summed E-state index contributed by atoms with van der Waals surface area (Å²) < 4.78 is 16.0. The minimum atomic E-state index is -0.479. The molecule has 5 rings (SSSR count). The average molecular weight is 510 g/mol. The van der Waals surface area contributed by atoms with Gasteiger partial charge < -0.3 is 19.2 Å². The van der Waals surface area contributed by atoms with Crippen LogP contribution in [0.1, 0.15) is 59.3 Å². The second-order valence-corrected chi connectivity index (χ2v) is 11.1. The summed E-state index contributed by atoms with van der Waals surface area (Å²) >= 11 is 1.48. The lowest BCUT2D eigenvalue weighted by atomic mass is 9.72. The highest BCUT2D eigenvalue weighted by Crippen LogP contribution is 2.45. The van der Waals surface area contributed by atoms with Crippen LogP contribution >= 0.6 is 11.3 Å². The number of benzene rings is 1. The van der Waals surface area contributed by atoms with E-state index in [1.807, 2.05) is 0 Å². The number of ether oxygens (including phenoxy) is 2. The number of nitro groups is 1. The smallest absolute Gasteiger partial charge is 0.282 e. The monoisotopic (exact) mass is 509 g/mol. The topological polar surface area (TPSA) is 116 Å². The SMILES string of the molecule is CC(C)(C)[C@@H]1CCc2c(sc(N=Cc3cc4c(cc3[N+](=O)[O-])OCO4)c2C(=O)NCc2ccco2)C1. The largest absolute Gasteiger partial charge is 0.467 e. The number of hydrogen-bond acceptors (Lipinski definition) is 8. The van der Waals surface area contributed by atoms with Gasteiger partial charge in [-0.1, -0.05) is 20.8 Å². The standard InChI is InChI=1S/C26H27N3O6S/c1-26(2,3)16-6-7-18-22(10-16)36-25(23(18)24(30)27-13-17-5-4-8-33-17)28-12-15-9-20-21(35-14-34-20)11-19(15)29(31)32/h4-5,8-9,11-12,16H,6-7,10,13-14H2,1-3H3,(H,27,30)/t16-/m1/s1. The molecule has 0 saturated heterocycles. The predicted molar refractivity (Wildman–Crippen MR) is 136 cm³/mol. The van der Waals surface area contributed by atoms with Crippen LogP contribution in [0.5, 0.6) is 11.5 Å². The second kappa shape index (κ2) is 9.42. The molecule has 0 bridgehead atoms. The lowest BCUT2D eigenvalue weighted by molar-refractivity contribution is -0.385. The Morgan fingerprint density at radius 2 is 2.08 bits per heavy atom. The maximum Gasteiger partial charge on any atom is 0.282 e. The van der Waals surface area contributed by atoms with E-state index in [4.69, 9.17) is 13.9 Å². The van der Waals surface area contributed by atoms with Crippen LogP contribution in [0, 0.1) is 21.4 Å². The number of amides is 1. The van der Waals surface area contributed by atoms with E-state index >= 15 is 0 Å². The quantitative estimate of drug-likeness (QED) is 0.255. The first-order valence-corrected chi connectivity index (χ1v) is 12.6. The van der Waals surface area contributed by atoms with Gasteiger partial charge in [0.2, 0.25) is 6.79 Å². The fourth-order valence-electron chi connectivity index (χ4n) is 4.64. The third kappa shape index (κ3) is 4.73. The normalized spacial score (nSPS) is 16.8. The Balaban J connectivity index is 1.51. The third-order valence-corrected chi connectivity index (χ3v) is 7.90. The molecule has 10 heteroatoms. The molecule has 9 nitrogen and oxygen atoms in total. The first kappa shape index (κ1) is 24.1. The number of furan rings is 1. The van der Waals surface area contributed by atoms with Gasteiger partial charge in [0.15, 0.2) is 11.5 Å². The van der Waals surface area contributed by atoms with E-state index in [0.29, 0.717) is 33.7 Å². The Labute approximate surface area is 212 Å². The molecular weight excluding hydrogens is 482 g/mol. The first-order valence-electron chi connectivity index (χ1n) is 11.8. The number of hydrogen-bond donors (Lipinski definition) is 1. The summed E-state index contributed by atoms with van der Waals surface area (Å²) in [6, 6.07) is 6.46. The molecule has 0 fully saturated rings. The van der Waals surface area contributed by atoms with Crippen molar-refractivity contribution >= 4 is 34.1 Å². The average Bonchev–Trinajstić information content (AvgIpc) is 3.58. The van der Waals surface area contributed by atoms with Crippen molar-refractivity contribution in [2.24, 2.45) is 16.3 Å². The Bertz CT molecular complexity index is 1340. The van der Waals surface area contributed by atoms with Crippen molar-refractivity contribution in [2.45, 2.75) is 46.6 Å². The van der Waals surface area contributed by atoms with Crippen LogP contribution in [-0.2, 0) is 19.4 Å². The molecule has 2 aromatic heterocycles. The van der Waals surface area contributed by atoms with E-state index in [0.717, 1.165) is 29.7 Å². The highest BCUT2D eigenvalue weighted by Gasteiger charge is 2.34. The maximum absolute atomic E-state index is 13.3. The molecule has 1 aliphatic heterocycles. The van der Waals surface area contributed by atoms with Gasteiger partial charge in [0, 0.05) is 11.1 Å². The van der Waals surface area contributed by atoms with E-state index in [2.05, 4.69) is 31.1 Å². The molecule has 0 unspecified atom stereocenters. The molecular formula is C26H27N3O6S. The third-order valence-electron chi connectivity index (χ3n) is 6.74. The number of thiophene rings is 1. The molecule has 1 N–H and O–H groups in total. The zero-order valence-corrected chi connectivity index (χ0v) is 21.1. The van der Waals surface area contributed by atoms with Gasteiger partial charge in [-0.05, 0) is 54.4 Å². The molecule has 3 aromatic rings. The van der Waals surface area contributed by atoms with E-state index < -0.39 is 4.92 Å². The lowest BCUT2D eigenvalue weighted by Crippen LogP contribution is -2.28. The zero-order chi connectivity index (χ0) is 25.4. The summed E-state index contributed by atoms with van der Waals surface area (Å²) in [6.45, 7) is 7.00. The number of rotatable bonds is 6. The van der Waals surface area contributed by atoms with Crippen molar-refractivity contribution in [1.82, 2.24) is 5.32 Å². The Kier molecular flexibility index (Phi) is 6.29. The summed E-state index contributed by atoms with van der Waals surface area (Å²) in [5.74, 6) is 1.68. The highest BCUT2D eigenvalue weighted by molar-refractivity contribution is 7.16. The van der Waals surface area contributed by atoms with Crippen LogP contribution in [0.15, 0.2) is 39.9 Å². The molecule has 188 valence electrons. The van der Waals surface area contributed by atoms with Crippen LogP contribution < -0.4 is 14.8 Å². The molecule has 1 aliphatic carbocycles. The van der Waals surface area contributed by atoms with Gasteiger partial charge in [0.25, 0.3) is 11.6 Å². The molecule has 0 saturated carbocycles. The summed E-state index contributed by atoms with van der Waals surface area (Å²) in [5.41, 5.74) is 1.85. The van der Waals surface area contributed by atoms with Gasteiger partial charge in [-0.25, -0.2) is 4.99 Å². The van der Waals surface area contributed by atoms with E-state index in [1.54, 1.807) is 24.5 Å². The number of carbonyl (C=O) groups is 1. The lowest BCUT2D eigenvalue weighted by Gasteiger charge is -2.33. The Hall–Kier alpha value is -3.66. The molecule has 1 amide bonds. The fourth-order valence-corrected chi connectivity index (χ4v) is 5.91. The summed E-state index contributed by atoms with van der Waals surface area (Å²) in [6.07, 6.45) is 5.65. The number of nitrogens with zero attached hydrogens (tertiary/aromatic N) is 2. The van der Waals surface area contributed by atoms with Gasteiger partial charge in [0.1, 0.15) is 10.8 Å². The van der Waals surface area contributed by atoms with Crippen molar-refractivity contribution < 1.29 is 23.6 Å². The van der Waals surface area contributed by atoms with Gasteiger partial charge in [-0.3, -0.25) is 14.9 Å². The zero-order valence-electron chi connectivity index (χ0n) is 20.3. The van der Waals surface area contributed by atoms with Gasteiger partial charge in [-0.2, -0.15) is 0 Å². The molecule has 0 spiro atoms. The summed E-state index contributed by atoms with van der Waals surface area (Å²) in [5, 5.41) is 15.1. The molecule has 1 aromatic carbocycles. The number of carbonyl (C=O) groups excluding carboxylic acids is 1. The molecule has 1 atom stereocenters. The molecule has 36 heavy (non-hydrogen) atoms. The molecule has 3 heterocycles. The van der Waals surface area contributed by atoms with Crippen molar-refractivity contribution in [3.63, 3.8) is 0 Å². The Morgan fingerprint density at radius 1 is 1.31 bits per heavy atom. The van der Waals surface area contributed by atoms with Crippen LogP contribution in [0.25, 0.3) is 0 Å². The van der Waals surface area contributed by atoms with Crippen molar-refractivity contribution in [2.75, 3.05) is 6.79 Å². The number of nitrogens with one attached hydrogen (secondary N) is 1. The van der Waals surface area contributed by atoms with Crippen molar-refractivity contribution in [3.05, 3.63) is 68.0 Å². The van der Waals surface area contributed by atoms with Gasteiger partial charge >= 0.3 is 0 Å². The maximum atomic E-state index is 13.3. The summed E-state index contributed by atoms with van der Waals surface area (Å²) in [4.78, 5) is 30.3. The minimum Gasteiger partial charge on any atom is -0.467 e. The van der Waals surface area contributed by atoms with Gasteiger partial charge in [-0.15, -0.1) is 11.3 Å². The number of fused-ring (bicyclic) bond motifs is 2. The van der Waals surface area contributed by atoms with E-state index in [-0.39, 0.29) is 35.9 Å². The molecule has 0 radical (unpaired) electrons. The van der Waals surface area contributed by atoms with Crippen LogP contribution in [0.2, 0.25) is 0 Å². The van der Waals surface area contributed by atoms with Crippen LogP contribution in [0.3, 0.4) is 0 Å². The number of aliphatic imine (C=N–C) groups is 1. The fraction of sp³-hybridized carbons (Fsp3) is 0.385. The Morgan fingerprint density at radius 3 is 2.78 bits per heavy atom. The van der Waals surface area contributed by atoms with Crippen LogP contribution in [0.4, 0.5) is 10.7 Å². The highest BCUT2D eigenvalue weighted by atomic mass is 32.1. The van der Waals surface area contributed by atoms with Crippen molar-refractivity contribution in [1.29, 1.82) is 0 Å².